The van der Waals surface area contributed by atoms with Crippen LogP contribution in [0, 0.1) is 0 Å². The van der Waals surface area contributed by atoms with Crippen LogP contribution in [-0.2, 0) is 19.1 Å². The zero-order valence-electron chi connectivity index (χ0n) is 21.6. The highest BCUT2D eigenvalue weighted by molar-refractivity contribution is 6.31. The zero-order valence-corrected chi connectivity index (χ0v) is 23.1. The first-order chi connectivity index (χ1) is 20.0. The topological polar surface area (TPSA) is 153 Å². The number of ether oxygens (including phenoxy) is 2. The van der Waals surface area contributed by atoms with Gasteiger partial charge in [0, 0.05) is 21.2 Å². The van der Waals surface area contributed by atoms with Crippen LogP contribution in [0.15, 0.2) is 66.7 Å². The minimum atomic E-state index is -0.911. The number of benzene rings is 3. The van der Waals surface area contributed by atoms with Crippen molar-refractivity contribution in [3.05, 3.63) is 105 Å². The number of hydrogen-bond acceptors (Lipinski definition) is 9. The van der Waals surface area contributed by atoms with E-state index in [-0.39, 0.29) is 27.8 Å². The van der Waals surface area contributed by atoms with Gasteiger partial charge in [0.15, 0.2) is 24.8 Å². The van der Waals surface area contributed by atoms with Crippen molar-refractivity contribution in [2.75, 3.05) is 26.3 Å². The molecule has 0 atom stereocenters. The third-order valence-corrected chi connectivity index (χ3v) is 6.47. The van der Waals surface area contributed by atoms with Crippen molar-refractivity contribution < 1.29 is 43.0 Å². The molecule has 0 saturated heterocycles. The number of nitrogens with zero attached hydrogens (tertiary/aromatic N) is 1. The first kappa shape index (κ1) is 30.1. The molecule has 4 rings (SSSR count). The van der Waals surface area contributed by atoms with Crippen LogP contribution < -0.4 is 5.32 Å². The maximum Gasteiger partial charge on any atom is 0.338 e. The summed E-state index contributed by atoms with van der Waals surface area (Å²) in [5, 5.41) is 3.09. The van der Waals surface area contributed by atoms with E-state index in [4.69, 9.17) is 32.7 Å². The van der Waals surface area contributed by atoms with E-state index < -0.39 is 67.5 Å². The fraction of sp³-hybridized carbons (Fsp3) is 0.138. The van der Waals surface area contributed by atoms with Gasteiger partial charge in [-0.1, -0.05) is 23.2 Å². The fourth-order valence-electron chi connectivity index (χ4n) is 3.78. The minimum Gasteiger partial charge on any atom is -0.456 e. The van der Waals surface area contributed by atoms with E-state index in [2.05, 4.69) is 5.32 Å². The van der Waals surface area contributed by atoms with Crippen LogP contribution in [0.5, 0.6) is 0 Å². The lowest BCUT2D eigenvalue weighted by Gasteiger charge is -2.13. The summed E-state index contributed by atoms with van der Waals surface area (Å²) in [4.78, 5) is 87.3. The second kappa shape index (κ2) is 13.2. The van der Waals surface area contributed by atoms with E-state index in [0.29, 0.717) is 14.9 Å². The fourth-order valence-corrected chi connectivity index (χ4v) is 4.03. The van der Waals surface area contributed by atoms with Crippen molar-refractivity contribution in [2.24, 2.45) is 0 Å². The van der Waals surface area contributed by atoms with Gasteiger partial charge in [0.05, 0.1) is 16.7 Å². The molecule has 0 saturated carbocycles. The maximum atomic E-state index is 12.8. The molecule has 0 unspecified atom stereocenters. The first-order valence-electron chi connectivity index (χ1n) is 12.2. The molecule has 0 radical (unpaired) electrons. The molecular weight excluding hydrogens is 591 g/mol. The quantitative estimate of drug-likeness (QED) is 0.196. The Balaban J connectivity index is 1.27. The van der Waals surface area contributed by atoms with Crippen LogP contribution in [0.1, 0.15) is 51.8 Å². The first-order valence-corrected chi connectivity index (χ1v) is 13.0. The van der Waals surface area contributed by atoms with Crippen molar-refractivity contribution in [3.63, 3.8) is 0 Å². The molecule has 0 fully saturated rings. The van der Waals surface area contributed by atoms with Gasteiger partial charge < -0.3 is 14.8 Å². The van der Waals surface area contributed by atoms with Gasteiger partial charge in [0.25, 0.3) is 11.8 Å². The molecule has 3 aromatic rings. The van der Waals surface area contributed by atoms with Crippen LogP contribution >= 0.6 is 23.2 Å². The summed E-state index contributed by atoms with van der Waals surface area (Å²) < 4.78 is 9.89. The lowest BCUT2D eigenvalue weighted by atomic mass is 10.1. The number of esters is 2. The monoisotopic (exact) mass is 610 g/mol. The van der Waals surface area contributed by atoms with E-state index in [1.54, 1.807) is 0 Å². The van der Waals surface area contributed by atoms with E-state index in [0.717, 1.165) is 6.07 Å². The smallest absolute Gasteiger partial charge is 0.338 e. The summed E-state index contributed by atoms with van der Waals surface area (Å²) in [6, 6.07) is 15.6. The third kappa shape index (κ3) is 7.25. The number of fused-ring (bicyclic) bond motifs is 1. The van der Waals surface area contributed by atoms with Crippen LogP contribution in [0.25, 0.3) is 0 Å². The standard InChI is InChI=1S/C29H20Cl2N2O9/c30-19-6-1-16(2-7-19)23(34)14-41-26(37)12-32-25(36)13-33-27(38)21-10-5-18(11-22(21)28(33)39)29(40)42-15-24(35)17-3-8-20(31)9-4-17/h1-11H,12-15H2,(H,32,36). The number of ketones is 2. The van der Waals surface area contributed by atoms with Gasteiger partial charge in [-0.05, 0) is 66.7 Å². The van der Waals surface area contributed by atoms with Gasteiger partial charge in [-0.15, -0.1) is 0 Å². The van der Waals surface area contributed by atoms with Gasteiger partial charge in [-0.3, -0.25) is 33.7 Å². The van der Waals surface area contributed by atoms with Crippen LogP contribution in [0.3, 0.4) is 0 Å². The Labute approximate surface area is 248 Å². The molecule has 0 aromatic heterocycles. The Morgan fingerprint density at radius 1 is 0.667 bits per heavy atom. The second-order valence-electron chi connectivity index (χ2n) is 8.83. The van der Waals surface area contributed by atoms with E-state index >= 15 is 0 Å². The molecule has 1 heterocycles. The summed E-state index contributed by atoms with van der Waals surface area (Å²) in [7, 11) is 0. The normalized spacial score (nSPS) is 12.0. The van der Waals surface area contributed by atoms with Gasteiger partial charge in [0.2, 0.25) is 5.91 Å². The number of nitrogens with one attached hydrogen (secondary N) is 1. The molecule has 1 aliphatic rings. The third-order valence-electron chi connectivity index (χ3n) is 5.97. The number of carbonyl (C=O) groups excluding carboxylic acids is 7. The van der Waals surface area contributed by atoms with Crippen molar-refractivity contribution >= 4 is 64.4 Å². The van der Waals surface area contributed by atoms with E-state index in [1.165, 1.54) is 60.7 Å². The van der Waals surface area contributed by atoms with E-state index in [1.807, 2.05) is 0 Å². The highest BCUT2D eigenvalue weighted by Gasteiger charge is 2.37. The minimum absolute atomic E-state index is 0.0401. The van der Waals surface area contributed by atoms with Crippen LogP contribution in [0.2, 0.25) is 10.0 Å². The van der Waals surface area contributed by atoms with Crippen molar-refractivity contribution in [2.45, 2.75) is 0 Å². The summed E-state index contributed by atoms with van der Waals surface area (Å²) in [5.41, 5.74) is 0.314. The van der Waals surface area contributed by atoms with Crippen molar-refractivity contribution in [3.8, 4) is 0 Å². The number of amides is 3. The molecule has 214 valence electrons. The van der Waals surface area contributed by atoms with Gasteiger partial charge >= 0.3 is 11.9 Å². The largest absolute Gasteiger partial charge is 0.456 e. The number of imide groups is 1. The summed E-state index contributed by atoms with van der Waals surface area (Å²) in [6.45, 7) is -2.44. The summed E-state index contributed by atoms with van der Waals surface area (Å²) >= 11 is 11.6. The van der Waals surface area contributed by atoms with Gasteiger partial charge in [0.1, 0.15) is 13.1 Å². The Hall–Kier alpha value is -4.87. The second-order valence-corrected chi connectivity index (χ2v) is 9.70. The van der Waals surface area contributed by atoms with Gasteiger partial charge in [-0.2, -0.15) is 0 Å². The Morgan fingerprint density at radius 3 is 1.74 bits per heavy atom. The maximum absolute atomic E-state index is 12.8. The Bertz CT molecular complexity index is 1600. The van der Waals surface area contributed by atoms with Crippen LogP contribution in [-0.4, -0.2) is 72.4 Å². The summed E-state index contributed by atoms with van der Waals surface area (Å²) in [5.74, 6) is -5.22. The van der Waals surface area contributed by atoms with Crippen molar-refractivity contribution in [1.29, 1.82) is 0 Å². The number of halogens is 2. The van der Waals surface area contributed by atoms with Crippen LogP contribution in [0.4, 0.5) is 0 Å². The predicted octanol–water partition coefficient (Wildman–Crippen LogP) is 3.17. The highest BCUT2D eigenvalue weighted by Crippen LogP contribution is 2.24. The Kier molecular flexibility index (Phi) is 9.46. The number of carbonyl (C=O) groups is 7. The SMILES string of the molecule is O=C(CN1C(=O)c2ccc(C(=O)OCC(=O)c3ccc(Cl)cc3)cc2C1=O)NCC(=O)OCC(=O)c1ccc(Cl)cc1. The zero-order chi connectivity index (χ0) is 30.4. The number of rotatable bonds is 11. The number of Topliss-reactive ketones (excluding diaryl/α,β-unsaturated/α-hetero) is 2. The average Bonchev–Trinajstić information content (AvgIpc) is 3.22. The molecule has 3 aromatic carbocycles. The van der Waals surface area contributed by atoms with Gasteiger partial charge in [-0.25, -0.2) is 4.79 Å². The predicted molar refractivity (Wildman–Crippen MR) is 148 cm³/mol. The Morgan fingerprint density at radius 2 is 1.17 bits per heavy atom. The highest BCUT2D eigenvalue weighted by atomic mass is 35.5. The summed E-state index contributed by atoms with van der Waals surface area (Å²) in [6.07, 6.45) is 0. The molecule has 1 N–H and O–H groups in total. The average molecular weight is 611 g/mol. The lowest BCUT2D eigenvalue weighted by molar-refractivity contribution is -0.142. The van der Waals surface area contributed by atoms with E-state index in [9.17, 15) is 33.6 Å². The lowest BCUT2D eigenvalue weighted by Crippen LogP contribution is -2.42. The molecule has 0 aliphatic carbocycles. The van der Waals surface area contributed by atoms with Crippen molar-refractivity contribution in [1.82, 2.24) is 10.2 Å². The molecule has 0 spiro atoms. The molecule has 3 amide bonds. The molecular formula is C29H20Cl2N2O9. The molecule has 42 heavy (non-hydrogen) atoms. The molecule has 13 heteroatoms. The molecule has 11 nitrogen and oxygen atoms in total. The molecule has 0 bridgehead atoms. The number of hydrogen-bond donors (Lipinski definition) is 1. The molecule has 1 aliphatic heterocycles.